The Morgan fingerprint density at radius 3 is 0.634 bits per heavy atom. The van der Waals surface area contributed by atoms with Crippen LogP contribution in [0.15, 0.2) is 24.3 Å². The molecule has 0 aliphatic heterocycles. The van der Waals surface area contributed by atoms with Gasteiger partial charge in [-0.3, -0.25) is 0 Å². The standard InChI is InChI=1S/C41H80/c1-3-5-7-9-11-13-15-17-19-21-23-25-27-29-31-33-35-37-39-41-40-38-36-34-32-30-28-26-24-22-20-18-16-14-12-10-8-6-4-2/h37-40H,3-36,41H2,1-2H3/b39-37+,40-38+. The molecule has 0 aliphatic rings. The highest BCUT2D eigenvalue weighted by Crippen LogP contribution is 2.15. The lowest BCUT2D eigenvalue weighted by Crippen LogP contribution is -1.83. The molecule has 0 amide bonds. The lowest BCUT2D eigenvalue weighted by molar-refractivity contribution is 0.530. The molecule has 0 saturated heterocycles. The van der Waals surface area contributed by atoms with Crippen LogP contribution in [0.5, 0.6) is 0 Å². The molecule has 0 aliphatic carbocycles. The maximum Gasteiger partial charge on any atom is -0.0169 e. The van der Waals surface area contributed by atoms with E-state index in [0.29, 0.717) is 0 Å². The predicted octanol–water partition coefficient (Wildman–Crippen LogP) is 15.8. The molecule has 0 saturated carbocycles. The van der Waals surface area contributed by atoms with Crippen molar-refractivity contribution < 1.29 is 0 Å². The van der Waals surface area contributed by atoms with Crippen molar-refractivity contribution in [3.63, 3.8) is 0 Å². The third-order valence-corrected chi connectivity index (χ3v) is 9.05. The maximum atomic E-state index is 2.42. The summed E-state index contributed by atoms with van der Waals surface area (Å²) in [4.78, 5) is 0. The van der Waals surface area contributed by atoms with Crippen molar-refractivity contribution in [2.24, 2.45) is 0 Å². The van der Waals surface area contributed by atoms with Gasteiger partial charge in [-0.2, -0.15) is 0 Å². The Hall–Kier alpha value is -0.520. The van der Waals surface area contributed by atoms with Gasteiger partial charge in [0.15, 0.2) is 0 Å². The quantitative estimate of drug-likeness (QED) is 0.0517. The summed E-state index contributed by atoms with van der Waals surface area (Å²) in [6, 6.07) is 0. The number of allylic oxidation sites excluding steroid dienone is 4. The molecule has 0 nitrogen and oxygen atoms in total. The van der Waals surface area contributed by atoms with Crippen LogP contribution in [0, 0.1) is 0 Å². The Morgan fingerprint density at radius 1 is 0.220 bits per heavy atom. The summed E-state index contributed by atoms with van der Waals surface area (Å²) >= 11 is 0. The van der Waals surface area contributed by atoms with Crippen LogP contribution < -0.4 is 0 Å². The molecule has 0 spiro atoms. The normalized spacial score (nSPS) is 12.0. The summed E-state index contributed by atoms with van der Waals surface area (Å²) in [5.41, 5.74) is 0. The topological polar surface area (TPSA) is 0 Å². The van der Waals surface area contributed by atoms with Crippen LogP contribution in [-0.4, -0.2) is 0 Å². The minimum absolute atomic E-state index is 1.14. The highest BCUT2D eigenvalue weighted by atomic mass is 14.0. The molecule has 0 radical (unpaired) electrons. The van der Waals surface area contributed by atoms with E-state index in [2.05, 4.69) is 38.2 Å². The van der Waals surface area contributed by atoms with Crippen molar-refractivity contribution in [1.29, 1.82) is 0 Å². The van der Waals surface area contributed by atoms with E-state index < -0.39 is 0 Å². The third kappa shape index (κ3) is 39.5. The van der Waals surface area contributed by atoms with Gasteiger partial charge in [-0.25, -0.2) is 0 Å². The third-order valence-electron chi connectivity index (χ3n) is 9.05. The average molecular weight is 573 g/mol. The molecule has 0 aromatic rings. The summed E-state index contributed by atoms with van der Waals surface area (Å²) < 4.78 is 0. The van der Waals surface area contributed by atoms with Crippen molar-refractivity contribution in [3.05, 3.63) is 24.3 Å². The molecular formula is C41H80. The minimum Gasteiger partial charge on any atom is -0.0882 e. The average Bonchev–Trinajstić information content (AvgIpc) is 2.98. The fourth-order valence-corrected chi connectivity index (χ4v) is 6.13. The predicted molar refractivity (Wildman–Crippen MR) is 191 cm³/mol. The zero-order valence-corrected chi connectivity index (χ0v) is 29.1. The van der Waals surface area contributed by atoms with Gasteiger partial charge >= 0.3 is 0 Å². The van der Waals surface area contributed by atoms with Crippen LogP contribution in [0.4, 0.5) is 0 Å². The van der Waals surface area contributed by atoms with Crippen molar-refractivity contribution >= 4 is 0 Å². The SMILES string of the molecule is CCCCCCCCCCCCCCCCCC/C=C/C/C=C/CCCCCCCCCCCCCCCCCC. The maximum absolute atomic E-state index is 2.42. The number of unbranched alkanes of at least 4 members (excludes halogenated alkanes) is 32. The van der Waals surface area contributed by atoms with E-state index in [4.69, 9.17) is 0 Å². The summed E-state index contributed by atoms with van der Waals surface area (Å²) in [5, 5.41) is 0. The number of hydrogen-bond acceptors (Lipinski definition) is 0. The first kappa shape index (κ1) is 40.5. The minimum atomic E-state index is 1.14. The molecule has 0 unspecified atom stereocenters. The summed E-state index contributed by atoms with van der Waals surface area (Å²) in [6.45, 7) is 4.61. The lowest BCUT2D eigenvalue weighted by atomic mass is 10.0. The second kappa shape index (κ2) is 39.5. The Morgan fingerprint density at radius 2 is 0.415 bits per heavy atom. The fourth-order valence-electron chi connectivity index (χ4n) is 6.13. The monoisotopic (exact) mass is 573 g/mol. The Labute approximate surface area is 262 Å². The second-order valence-corrected chi connectivity index (χ2v) is 13.4. The molecule has 0 aromatic heterocycles. The van der Waals surface area contributed by atoms with Gasteiger partial charge in [0, 0.05) is 0 Å². The number of rotatable bonds is 36. The molecule has 0 heteroatoms. The van der Waals surface area contributed by atoms with Crippen LogP contribution in [0.1, 0.15) is 239 Å². The van der Waals surface area contributed by atoms with Gasteiger partial charge in [0.25, 0.3) is 0 Å². The van der Waals surface area contributed by atoms with Crippen LogP contribution in [0.3, 0.4) is 0 Å². The second-order valence-electron chi connectivity index (χ2n) is 13.4. The molecule has 244 valence electrons. The van der Waals surface area contributed by atoms with Gasteiger partial charge in [-0.05, 0) is 32.1 Å². The molecule has 0 rings (SSSR count). The Balaban J connectivity index is 3.14. The molecule has 0 atom stereocenters. The smallest absolute Gasteiger partial charge is 0.0169 e. The van der Waals surface area contributed by atoms with E-state index >= 15 is 0 Å². The zero-order valence-electron chi connectivity index (χ0n) is 29.1. The first-order valence-corrected chi connectivity index (χ1v) is 19.7. The molecule has 0 fully saturated rings. The van der Waals surface area contributed by atoms with E-state index in [1.54, 1.807) is 0 Å². The van der Waals surface area contributed by atoms with Crippen molar-refractivity contribution in [1.82, 2.24) is 0 Å². The Kier molecular flexibility index (Phi) is 39.0. The van der Waals surface area contributed by atoms with E-state index in [9.17, 15) is 0 Å². The van der Waals surface area contributed by atoms with Gasteiger partial charge in [0.2, 0.25) is 0 Å². The van der Waals surface area contributed by atoms with E-state index in [-0.39, 0.29) is 0 Å². The molecule has 0 heterocycles. The molecule has 41 heavy (non-hydrogen) atoms. The van der Waals surface area contributed by atoms with Crippen molar-refractivity contribution in [3.8, 4) is 0 Å². The lowest BCUT2D eigenvalue weighted by Gasteiger charge is -2.03. The first-order valence-electron chi connectivity index (χ1n) is 19.7. The van der Waals surface area contributed by atoms with Gasteiger partial charge in [-0.15, -0.1) is 0 Å². The molecule has 0 aromatic carbocycles. The number of hydrogen-bond donors (Lipinski definition) is 0. The van der Waals surface area contributed by atoms with Crippen LogP contribution in [-0.2, 0) is 0 Å². The van der Waals surface area contributed by atoms with Crippen molar-refractivity contribution in [2.45, 2.75) is 239 Å². The van der Waals surface area contributed by atoms with E-state index in [1.165, 1.54) is 218 Å². The summed E-state index contributed by atoms with van der Waals surface area (Å²) in [7, 11) is 0. The highest BCUT2D eigenvalue weighted by molar-refractivity contribution is 4.92. The fraction of sp³-hybridized carbons (Fsp3) is 0.902. The highest BCUT2D eigenvalue weighted by Gasteiger charge is 1.96. The van der Waals surface area contributed by atoms with Crippen LogP contribution >= 0.6 is 0 Å². The van der Waals surface area contributed by atoms with Crippen LogP contribution in [0.2, 0.25) is 0 Å². The van der Waals surface area contributed by atoms with Gasteiger partial charge < -0.3 is 0 Å². The summed E-state index contributed by atoms with van der Waals surface area (Å²) in [5.74, 6) is 0. The van der Waals surface area contributed by atoms with E-state index in [0.717, 1.165) is 6.42 Å². The zero-order chi connectivity index (χ0) is 29.6. The summed E-state index contributed by atoms with van der Waals surface area (Å²) in [6.07, 6.45) is 59.9. The molecule has 0 bridgehead atoms. The molecular weight excluding hydrogens is 492 g/mol. The van der Waals surface area contributed by atoms with Gasteiger partial charge in [0.05, 0.1) is 0 Å². The van der Waals surface area contributed by atoms with E-state index in [1.807, 2.05) is 0 Å². The van der Waals surface area contributed by atoms with Gasteiger partial charge in [0.1, 0.15) is 0 Å². The first-order chi connectivity index (χ1) is 20.4. The molecule has 0 N–H and O–H groups in total. The largest absolute Gasteiger partial charge is 0.0882 e. The Bertz CT molecular complexity index is 442. The van der Waals surface area contributed by atoms with Gasteiger partial charge in [-0.1, -0.05) is 231 Å². The van der Waals surface area contributed by atoms with Crippen LogP contribution in [0.25, 0.3) is 0 Å². The van der Waals surface area contributed by atoms with Crippen molar-refractivity contribution in [2.75, 3.05) is 0 Å².